The Morgan fingerprint density at radius 3 is 2.90 bits per heavy atom. The van der Waals surface area contributed by atoms with Crippen molar-refractivity contribution in [2.45, 2.75) is 50.3 Å². The number of ether oxygens (including phenoxy) is 2. The van der Waals surface area contributed by atoms with E-state index in [0.717, 1.165) is 24.2 Å². The van der Waals surface area contributed by atoms with Gasteiger partial charge in [-0.05, 0) is 17.5 Å². The number of piperidine rings is 1. The molecule has 4 aliphatic rings. The molecule has 4 aliphatic heterocycles. The Morgan fingerprint density at radius 1 is 1.17 bits per heavy atom. The minimum absolute atomic E-state index is 0.0152. The second-order valence-electron chi connectivity index (χ2n) is 8.31. The average molecular weight is 414 g/mol. The van der Waals surface area contributed by atoms with Gasteiger partial charge in [0.15, 0.2) is 0 Å². The zero-order chi connectivity index (χ0) is 20.7. The summed E-state index contributed by atoms with van der Waals surface area (Å²) in [5, 5.41) is 9.01. The first kappa shape index (κ1) is 19.6. The summed E-state index contributed by atoms with van der Waals surface area (Å²) in [6.07, 6.45) is 0.864. The van der Waals surface area contributed by atoms with Crippen LogP contribution >= 0.6 is 0 Å². The lowest BCUT2D eigenvalue weighted by molar-refractivity contribution is -0.158. The van der Waals surface area contributed by atoms with Crippen molar-refractivity contribution < 1.29 is 23.9 Å². The molecule has 0 radical (unpaired) electrons. The van der Waals surface area contributed by atoms with Crippen molar-refractivity contribution in [2.24, 2.45) is 0 Å². The van der Waals surface area contributed by atoms with Crippen molar-refractivity contribution >= 4 is 17.7 Å². The molecule has 1 aromatic rings. The first-order chi connectivity index (χ1) is 14.6. The van der Waals surface area contributed by atoms with Crippen molar-refractivity contribution in [1.29, 1.82) is 0 Å². The maximum atomic E-state index is 13.1. The second-order valence-corrected chi connectivity index (χ2v) is 8.31. The molecule has 0 spiro atoms. The van der Waals surface area contributed by atoms with Crippen LogP contribution in [-0.4, -0.2) is 73.2 Å². The van der Waals surface area contributed by atoms with E-state index in [0.29, 0.717) is 38.2 Å². The summed E-state index contributed by atoms with van der Waals surface area (Å²) in [5.41, 5.74) is 2.49. The maximum Gasteiger partial charge on any atom is 0.255 e. The molecule has 4 unspecified atom stereocenters. The Hall–Kier alpha value is -2.33. The fourth-order valence-electron chi connectivity index (χ4n) is 4.76. The van der Waals surface area contributed by atoms with Crippen molar-refractivity contribution in [2.75, 3.05) is 26.2 Å². The average Bonchev–Trinajstić information content (AvgIpc) is 3.33. The molecule has 3 amide bonds. The van der Waals surface area contributed by atoms with Gasteiger partial charge < -0.3 is 25.0 Å². The lowest BCUT2D eigenvalue weighted by atomic mass is 10.0. The Bertz CT molecular complexity index is 875. The van der Waals surface area contributed by atoms with Crippen molar-refractivity contribution in [3.63, 3.8) is 0 Å². The van der Waals surface area contributed by atoms with Gasteiger partial charge in [-0.3, -0.25) is 19.7 Å². The van der Waals surface area contributed by atoms with E-state index in [2.05, 4.69) is 16.0 Å². The number of imide groups is 1. The predicted octanol–water partition coefficient (Wildman–Crippen LogP) is -0.707. The van der Waals surface area contributed by atoms with Gasteiger partial charge in [-0.1, -0.05) is 18.2 Å². The normalized spacial score (nSPS) is 30.9. The highest BCUT2D eigenvalue weighted by molar-refractivity contribution is 6.05. The molecular formula is C21H26N4O5. The molecule has 3 saturated heterocycles. The molecule has 0 aliphatic carbocycles. The van der Waals surface area contributed by atoms with Gasteiger partial charge in [0.2, 0.25) is 11.8 Å². The topological polar surface area (TPSA) is 109 Å². The minimum atomic E-state index is -0.593. The van der Waals surface area contributed by atoms with Crippen LogP contribution in [0.15, 0.2) is 18.2 Å². The van der Waals surface area contributed by atoms with E-state index in [1.165, 1.54) is 0 Å². The summed E-state index contributed by atoms with van der Waals surface area (Å²) < 4.78 is 11.9. The third-order valence-electron chi connectivity index (χ3n) is 6.30. The fourth-order valence-corrected chi connectivity index (χ4v) is 4.76. The summed E-state index contributed by atoms with van der Waals surface area (Å²) in [7, 11) is 0. The first-order valence-electron chi connectivity index (χ1n) is 10.5. The molecule has 5 rings (SSSR count). The molecule has 0 bridgehead atoms. The van der Waals surface area contributed by atoms with Gasteiger partial charge in [0.25, 0.3) is 5.91 Å². The number of hydrogen-bond acceptors (Lipinski definition) is 7. The van der Waals surface area contributed by atoms with Crippen LogP contribution in [0.3, 0.4) is 0 Å². The number of nitrogens with zero attached hydrogens (tertiary/aromatic N) is 1. The zero-order valence-electron chi connectivity index (χ0n) is 16.7. The van der Waals surface area contributed by atoms with E-state index < -0.39 is 6.04 Å². The molecule has 3 fully saturated rings. The molecule has 0 saturated carbocycles. The van der Waals surface area contributed by atoms with Gasteiger partial charge in [0.05, 0.1) is 24.9 Å². The first-order valence-corrected chi connectivity index (χ1v) is 10.5. The number of carbonyl (C=O) groups is 3. The second kappa shape index (κ2) is 8.07. The summed E-state index contributed by atoms with van der Waals surface area (Å²) in [6, 6.07) is 5.21. The largest absolute Gasteiger partial charge is 0.371 e. The Labute approximate surface area is 174 Å². The molecule has 0 aromatic heterocycles. The highest BCUT2D eigenvalue weighted by atomic mass is 16.6. The van der Waals surface area contributed by atoms with Crippen LogP contribution in [0, 0.1) is 0 Å². The maximum absolute atomic E-state index is 13.1. The number of fused-ring (bicyclic) bond motifs is 2. The van der Waals surface area contributed by atoms with Crippen LogP contribution in [0.5, 0.6) is 0 Å². The van der Waals surface area contributed by atoms with Gasteiger partial charge in [-0.15, -0.1) is 0 Å². The van der Waals surface area contributed by atoms with Crippen LogP contribution in [0.1, 0.15) is 34.3 Å². The van der Waals surface area contributed by atoms with Gasteiger partial charge in [-0.2, -0.15) is 0 Å². The molecule has 30 heavy (non-hydrogen) atoms. The number of benzene rings is 1. The predicted molar refractivity (Wildman–Crippen MR) is 105 cm³/mol. The third-order valence-corrected chi connectivity index (χ3v) is 6.30. The van der Waals surface area contributed by atoms with E-state index in [4.69, 9.17) is 9.47 Å². The Morgan fingerprint density at radius 2 is 2.03 bits per heavy atom. The molecule has 4 heterocycles. The molecule has 4 atom stereocenters. The highest BCUT2D eigenvalue weighted by Gasteiger charge is 2.40. The lowest BCUT2D eigenvalue weighted by Gasteiger charge is -2.32. The Balaban J connectivity index is 1.22. The third kappa shape index (κ3) is 3.62. The number of rotatable bonds is 5. The monoisotopic (exact) mass is 414 g/mol. The van der Waals surface area contributed by atoms with Gasteiger partial charge in [0, 0.05) is 44.7 Å². The van der Waals surface area contributed by atoms with Crippen molar-refractivity contribution in [3.05, 3.63) is 34.9 Å². The minimum Gasteiger partial charge on any atom is -0.371 e. The van der Waals surface area contributed by atoms with E-state index in [-0.39, 0.29) is 42.5 Å². The Kier molecular flexibility index (Phi) is 5.28. The van der Waals surface area contributed by atoms with Crippen molar-refractivity contribution in [1.82, 2.24) is 20.9 Å². The van der Waals surface area contributed by atoms with E-state index in [1.54, 1.807) is 4.90 Å². The summed E-state index contributed by atoms with van der Waals surface area (Å²) in [5.74, 6) is -0.811. The molecule has 9 nitrogen and oxygen atoms in total. The fraction of sp³-hybridized carbons (Fsp3) is 0.571. The molecular weight excluding hydrogens is 388 g/mol. The van der Waals surface area contributed by atoms with Crippen LogP contribution in [0.4, 0.5) is 0 Å². The van der Waals surface area contributed by atoms with E-state index >= 15 is 0 Å². The zero-order valence-corrected chi connectivity index (χ0v) is 16.7. The van der Waals surface area contributed by atoms with Gasteiger partial charge in [0.1, 0.15) is 6.04 Å². The standard InChI is InChI=1S/C21H26N4O5/c26-18-5-4-15(20(27)24-18)25-10-13-3-1-2-12(19(13)21(25)28)6-22-7-14-11-29-16-8-23-9-17(16)30-14/h1-3,14-17,22-23H,4-11H2,(H,24,26,27). The van der Waals surface area contributed by atoms with Gasteiger partial charge >= 0.3 is 0 Å². The van der Waals surface area contributed by atoms with Crippen LogP contribution in [0.2, 0.25) is 0 Å². The highest BCUT2D eigenvalue weighted by Crippen LogP contribution is 2.29. The van der Waals surface area contributed by atoms with Crippen LogP contribution < -0.4 is 16.0 Å². The van der Waals surface area contributed by atoms with E-state index in [9.17, 15) is 14.4 Å². The number of nitrogens with one attached hydrogen (secondary N) is 3. The molecule has 9 heteroatoms. The smallest absolute Gasteiger partial charge is 0.255 e. The number of amides is 3. The van der Waals surface area contributed by atoms with Gasteiger partial charge in [-0.25, -0.2) is 0 Å². The molecule has 3 N–H and O–H groups in total. The number of hydrogen-bond donors (Lipinski definition) is 3. The van der Waals surface area contributed by atoms with Crippen LogP contribution in [0.25, 0.3) is 0 Å². The lowest BCUT2D eigenvalue weighted by Crippen LogP contribution is -2.52. The molecule has 1 aromatic carbocycles. The quantitative estimate of drug-likeness (QED) is 0.547. The number of carbonyl (C=O) groups excluding carboxylic acids is 3. The SMILES string of the molecule is O=C1CCC(N2Cc3cccc(CNCC4COC5CNCC5O4)c3C2=O)C(=O)N1. The molecule has 160 valence electrons. The van der Waals surface area contributed by atoms with E-state index in [1.807, 2.05) is 18.2 Å². The van der Waals surface area contributed by atoms with Crippen molar-refractivity contribution in [3.8, 4) is 0 Å². The summed E-state index contributed by atoms with van der Waals surface area (Å²) in [6.45, 7) is 3.78. The summed E-state index contributed by atoms with van der Waals surface area (Å²) in [4.78, 5) is 38.4. The summed E-state index contributed by atoms with van der Waals surface area (Å²) >= 11 is 0. The van der Waals surface area contributed by atoms with Crippen LogP contribution in [-0.2, 0) is 32.2 Å².